The predicted molar refractivity (Wildman–Crippen MR) is 82.6 cm³/mol. The highest BCUT2D eigenvalue weighted by molar-refractivity contribution is 5.32. The highest BCUT2D eigenvalue weighted by Crippen LogP contribution is 2.16. The van der Waals surface area contributed by atoms with Gasteiger partial charge < -0.3 is 24.7 Å². The summed E-state index contributed by atoms with van der Waals surface area (Å²) in [6.07, 6.45) is 1.77. The number of benzene rings is 1. The molecule has 0 amide bonds. The number of methoxy groups -OCH3 is 1. The quantitative estimate of drug-likeness (QED) is 0.564. The van der Waals surface area contributed by atoms with Crippen molar-refractivity contribution < 1.29 is 18.9 Å². The van der Waals surface area contributed by atoms with Gasteiger partial charge in [-0.1, -0.05) is 18.2 Å². The van der Waals surface area contributed by atoms with Crippen molar-refractivity contribution in [2.24, 2.45) is 5.73 Å². The summed E-state index contributed by atoms with van der Waals surface area (Å²) in [5.41, 5.74) is 6.68. The molecule has 0 aromatic heterocycles. The highest BCUT2D eigenvalue weighted by Gasteiger charge is 2.00. The Kier molecular flexibility index (Phi) is 10.7. The van der Waals surface area contributed by atoms with Gasteiger partial charge in [0.1, 0.15) is 5.75 Å². The Bertz CT molecular complexity index is 360. The summed E-state index contributed by atoms with van der Waals surface area (Å²) >= 11 is 0. The van der Waals surface area contributed by atoms with Crippen molar-refractivity contribution >= 4 is 0 Å². The second-order valence-electron chi connectivity index (χ2n) is 4.58. The van der Waals surface area contributed by atoms with E-state index in [4.69, 9.17) is 24.7 Å². The molecular weight excluding hydrogens is 270 g/mol. The summed E-state index contributed by atoms with van der Waals surface area (Å²) < 4.78 is 21.5. The topological polar surface area (TPSA) is 62.9 Å². The van der Waals surface area contributed by atoms with Gasteiger partial charge in [0.05, 0.1) is 19.8 Å². The maximum Gasteiger partial charge on any atom is 0.123 e. The minimum atomic E-state index is 0.493. The molecule has 0 heterocycles. The van der Waals surface area contributed by atoms with E-state index >= 15 is 0 Å². The third-order valence-electron chi connectivity index (χ3n) is 2.89. The van der Waals surface area contributed by atoms with Gasteiger partial charge in [-0.05, 0) is 12.5 Å². The number of hydrogen-bond acceptors (Lipinski definition) is 5. The van der Waals surface area contributed by atoms with E-state index in [-0.39, 0.29) is 0 Å². The molecule has 0 aliphatic heterocycles. The maximum absolute atomic E-state index is 5.69. The first kappa shape index (κ1) is 17.9. The molecule has 5 heteroatoms. The van der Waals surface area contributed by atoms with Crippen LogP contribution in [0.3, 0.4) is 0 Å². The van der Waals surface area contributed by atoms with Crippen LogP contribution in [0.25, 0.3) is 0 Å². The second-order valence-corrected chi connectivity index (χ2v) is 4.58. The lowest BCUT2D eigenvalue weighted by atomic mass is 10.2. The molecule has 0 radical (unpaired) electrons. The van der Waals surface area contributed by atoms with Gasteiger partial charge in [0.2, 0.25) is 0 Å². The molecule has 0 bridgehead atoms. The lowest BCUT2D eigenvalue weighted by Gasteiger charge is -2.10. The highest BCUT2D eigenvalue weighted by atomic mass is 16.5. The van der Waals surface area contributed by atoms with E-state index in [0.717, 1.165) is 37.4 Å². The van der Waals surface area contributed by atoms with Gasteiger partial charge in [-0.15, -0.1) is 0 Å². The fourth-order valence-electron chi connectivity index (χ4n) is 1.78. The van der Waals surface area contributed by atoms with Crippen molar-refractivity contribution in [3.05, 3.63) is 29.8 Å². The van der Waals surface area contributed by atoms with Crippen molar-refractivity contribution in [1.29, 1.82) is 0 Å². The molecule has 0 aliphatic carbocycles. The lowest BCUT2D eigenvalue weighted by Crippen LogP contribution is -2.10. The molecule has 21 heavy (non-hydrogen) atoms. The summed E-state index contributed by atoms with van der Waals surface area (Å²) in [5, 5.41) is 0. The molecule has 1 rings (SSSR count). The van der Waals surface area contributed by atoms with Crippen molar-refractivity contribution in [3.63, 3.8) is 0 Å². The number of para-hydroxylation sites is 1. The fourth-order valence-corrected chi connectivity index (χ4v) is 1.78. The van der Waals surface area contributed by atoms with Gasteiger partial charge >= 0.3 is 0 Å². The monoisotopic (exact) mass is 297 g/mol. The van der Waals surface area contributed by atoms with E-state index in [1.807, 2.05) is 24.3 Å². The van der Waals surface area contributed by atoms with E-state index in [1.165, 1.54) is 0 Å². The van der Waals surface area contributed by atoms with Gasteiger partial charge in [0.25, 0.3) is 0 Å². The molecule has 2 N–H and O–H groups in total. The first-order chi connectivity index (χ1) is 10.4. The molecule has 0 saturated heterocycles. The van der Waals surface area contributed by atoms with Gasteiger partial charge in [0.15, 0.2) is 0 Å². The average Bonchev–Trinajstić information content (AvgIpc) is 2.53. The van der Waals surface area contributed by atoms with Crippen molar-refractivity contribution in [3.8, 4) is 5.75 Å². The van der Waals surface area contributed by atoms with Gasteiger partial charge in [-0.2, -0.15) is 0 Å². The molecule has 0 atom stereocenters. The smallest absolute Gasteiger partial charge is 0.123 e. The second kappa shape index (κ2) is 12.6. The maximum atomic E-state index is 5.69. The first-order valence-electron chi connectivity index (χ1n) is 7.43. The summed E-state index contributed by atoms with van der Waals surface area (Å²) in [7, 11) is 1.69. The Morgan fingerprint density at radius 1 is 0.857 bits per heavy atom. The van der Waals surface area contributed by atoms with Crippen molar-refractivity contribution in [2.75, 3.05) is 46.8 Å². The fraction of sp³-hybridized carbons (Fsp3) is 0.625. The Balaban J connectivity index is 1.93. The van der Waals surface area contributed by atoms with Crippen LogP contribution in [-0.4, -0.2) is 46.8 Å². The van der Waals surface area contributed by atoms with Crippen molar-refractivity contribution in [1.82, 2.24) is 0 Å². The van der Waals surface area contributed by atoms with Gasteiger partial charge in [-0.3, -0.25) is 0 Å². The molecule has 1 aromatic rings. The Morgan fingerprint density at radius 3 is 2.19 bits per heavy atom. The molecular formula is C16H27NO4. The Morgan fingerprint density at radius 2 is 1.52 bits per heavy atom. The molecule has 1 aromatic carbocycles. The predicted octanol–water partition coefficient (Wildman–Crippen LogP) is 1.98. The largest absolute Gasteiger partial charge is 0.493 e. The third-order valence-corrected chi connectivity index (χ3v) is 2.89. The minimum absolute atomic E-state index is 0.493. The van der Waals surface area contributed by atoms with E-state index in [0.29, 0.717) is 33.0 Å². The van der Waals surface area contributed by atoms with E-state index < -0.39 is 0 Å². The number of ether oxygens (including phenoxy) is 4. The molecule has 0 spiro atoms. The van der Waals surface area contributed by atoms with E-state index in [2.05, 4.69) is 0 Å². The molecule has 0 saturated carbocycles. The zero-order valence-electron chi connectivity index (χ0n) is 12.9. The molecule has 0 aliphatic rings. The SMILES string of the molecule is COCCCOCCOCCCOc1ccccc1CN. The normalized spacial score (nSPS) is 10.8. The zero-order chi connectivity index (χ0) is 15.2. The van der Waals surface area contributed by atoms with Crippen LogP contribution in [0.15, 0.2) is 24.3 Å². The number of hydrogen-bond donors (Lipinski definition) is 1. The van der Waals surface area contributed by atoms with Crippen LogP contribution in [-0.2, 0) is 20.8 Å². The summed E-state index contributed by atoms with van der Waals surface area (Å²) in [6.45, 7) is 4.50. The van der Waals surface area contributed by atoms with Crippen molar-refractivity contribution in [2.45, 2.75) is 19.4 Å². The van der Waals surface area contributed by atoms with Gasteiger partial charge in [0, 0.05) is 45.5 Å². The van der Waals surface area contributed by atoms with E-state index in [9.17, 15) is 0 Å². The Hall–Kier alpha value is -1.14. The first-order valence-corrected chi connectivity index (χ1v) is 7.43. The minimum Gasteiger partial charge on any atom is -0.493 e. The van der Waals surface area contributed by atoms with E-state index in [1.54, 1.807) is 7.11 Å². The zero-order valence-corrected chi connectivity index (χ0v) is 12.9. The standard InChI is InChI=1S/C16H27NO4/c1-18-8-4-9-19-12-13-20-10-5-11-21-16-7-3-2-6-15(16)14-17/h2-3,6-7H,4-5,8-14,17H2,1H3. The van der Waals surface area contributed by atoms with Crippen LogP contribution in [0, 0.1) is 0 Å². The molecule has 5 nitrogen and oxygen atoms in total. The number of nitrogens with two attached hydrogens (primary N) is 1. The average molecular weight is 297 g/mol. The molecule has 0 unspecified atom stereocenters. The summed E-state index contributed by atoms with van der Waals surface area (Å²) in [5.74, 6) is 0.862. The van der Waals surface area contributed by atoms with Crippen LogP contribution < -0.4 is 10.5 Å². The van der Waals surface area contributed by atoms with Gasteiger partial charge in [-0.25, -0.2) is 0 Å². The van der Waals surface area contributed by atoms with Crippen LogP contribution in [0.1, 0.15) is 18.4 Å². The summed E-state index contributed by atoms with van der Waals surface area (Å²) in [6, 6.07) is 7.83. The Labute approximate surface area is 127 Å². The molecule has 120 valence electrons. The van der Waals surface area contributed by atoms with Crippen LogP contribution in [0.2, 0.25) is 0 Å². The number of rotatable bonds is 13. The van der Waals surface area contributed by atoms with Crippen LogP contribution in [0.4, 0.5) is 0 Å². The lowest BCUT2D eigenvalue weighted by molar-refractivity contribution is 0.0364. The van der Waals surface area contributed by atoms with Crippen LogP contribution >= 0.6 is 0 Å². The third kappa shape index (κ3) is 8.67. The summed E-state index contributed by atoms with van der Waals surface area (Å²) in [4.78, 5) is 0. The van der Waals surface area contributed by atoms with Crippen LogP contribution in [0.5, 0.6) is 5.75 Å². The molecule has 0 fully saturated rings.